The van der Waals surface area contributed by atoms with Crippen LogP contribution >= 0.6 is 11.8 Å². The van der Waals surface area contributed by atoms with Crippen LogP contribution in [0.5, 0.6) is 5.75 Å². The van der Waals surface area contributed by atoms with Gasteiger partial charge in [-0.3, -0.25) is 4.79 Å². The number of amides is 1. The summed E-state index contributed by atoms with van der Waals surface area (Å²) in [4.78, 5) is 15.0. The van der Waals surface area contributed by atoms with Crippen LogP contribution in [-0.4, -0.2) is 39.6 Å². The third-order valence-electron chi connectivity index (χ3n) is 5.16. The molecule has 1 amide bonds. The monoisotopic (exact) mass is 408 g/mol. The SMILES string of the molecule is CCn1c(S[C@@H](C)C(=O)N2CCc3ccccc32)nnc1-c1ccc(OC)cc1. The van der Waals surface area contributed by atoms with Crippen LogP contribution in [0, 0.1) is 0 Å². The molecule has 150 valence electrons. The molecule has 1 aliphatic heterocycles. The Hall–Kier alpha value is -2.80. The number of rotatable bonds is 6. The lowest BCUT2D eigenvalue weighted by Crippen LogP contribution is -2.35. The minimum atomic E-state index is -0.251. The van der Waals surface area contributed by atoms with Gasteiger partial charge in [0.05, 0.1) is 12.4 Å². The fourth-order valence-corrected chi connectivity index (χ4v) is 4.58. The largest absolute Gasteiger partial charge is 0.497 e. The van der Waals surface area contributed by atoms with Crippen molar-refractivity contribution in [3.8, 4) is 17.1 Å². The van der Waals surface area contributed by atoms with E-state index in [4.69, 9.17) is 4.74 Å². The molecular weight excluding hydrogens is 384 g/mol. The van der Waals surface area contributed by atoms with Crippen molar-refractivity contribution in [1.29, 1.82) is 0 Å². The highest BCUT2D eigenvalue weighted by molar-refractivity contribution is 8.00. The molecule has 0 fully saturated rings. The molecule has 0 aliphatic carbocycles. The first kappa shape index (κ1) is 19.5. The zero-order valence-electron chi connectivity index (χ0n) is 16.8. The number of thioether (sulfide) groups is 1. The molecule has 6 nitrogen and oxygen atoms in total. The fraction of sp³-hybridized carbons (Fsp3) is 0.318. The summed E-state index contributed by atoms with van der Waals surface area (Å²) < 4.78 is 7.28. The first-order valence-electron chi connectivity index (χ1n) is 9.76. The first-order chi connectivity index (χ1) is 14.1. The van der Waals surface area contributed by atoms with Crippen molar-refractivity contribution in [2.24, 2.45) is 0 Å². The van der Waals surface area contributed by atoms with Gasteiger partial charge in [-0.1, -0.05) is 30.0 Å². The van der Waals surface area contributed by atoms with Crippen LogP contribution in [0.3, 0.4) is 0 Å². The Labute approximate surface area is 174 Å². The second kappa shape index (κ2) is 8.29. The highest BCUT2D eigenvalue weighted by Gasteiger charge is 2.29. The van der Waals surface area contributed by atoms with Crippen LogP contribution < -0.4 is 9.64 Å². The van der Waals surface area contributed by atoms with Gasteiger partial charge >= 0.3 is 0 Å². The lowest BCUT2D eigenvalue weighted by molar-refractivity contribution is -0.117. The average molecular weight is 409 g/mol. The average Bonchev–Trinajstić information content (AvgIpc) is 3.37. The fourth-order valence-electron chi connectivity index (χ4n) is 3.61. The molecule has 29 heavy (non-hydrogen) atoms. The molecule has 1 aliphatic rings. The van der Waals surface area contributed by atoms with E-state index in [0.717, 1.165) is 47.5 Å². The van der Waals surface area contributed by atoms with E-state index < -0.39 is 0 Å². The van der Waals surface area contributed by atoms with Gasteiger partial charge in [-0.05, 0) is 56.2 Å². The molecular formula is C22H24N4O2S. The molecule has 7 heteroatoms. The Morgan fingerprint density at radius 1 is 1.17 bits per heavy atom. The second-order valence-corrected chi connectivity index (χ2v) is 8.22. The summed E-state index contributed by atoms with van der Waals surface area (Å²) >= 11 is 1.46. The maximum atomic E-state index is 13.1. The molecule has 4 rings (SSSR count). The van der Waals surface area contributed by atoms with Gasteiger partial charge in [-0.15, -0.1) is 10.2 Å². The van der Waals surface area contributed by atoms with Crippen molar-refractivity contribution in [3.05, 3.63) is 54.1 Å². The van der Waals surface area contributed by atoms with Gasteiger partial charge in [0.15, 0.2) is 11.0 Å². The van der Waals surface area contributed by atoms with Gasteiger partial charge in [0, 0.05) is 24.3 Å². The van der Waals surface area contributed by atoms with E-state index in [-0.39, 0.29) is 11.2 Å². The van der Waals surface area contributed by atoms with Gasteiger partial charge in [-0.2, -0.15) is 0 Å². The van der Waals surface area contributed by atoms with Crippen molar-refractivity contribution in [2.45, 2.75) is 37.2 Å². The zero-order valence-corrected chi connectivity index (χ0v) is 17.6. The molecule has 0 N–H and O–H groups in total. The number of carbonyl (C=O) groups excluding carboxylic acids is 1. The molecule has 1 atom stereocenters. The van der Waals surface area contributed by atoms with Crippen molar-refractivity contribution in [2.75, 3.05) is 18.6 Å². The second-order valence-electron chi connectivity index (χ2n) is 6.91. The van der Waals surface area contributed by atoms with Gasteiger partial charge < -0.3 is 14.2 Å². The van der Waals surface area contributed by atoms with Gasteiger partial charge in [0.25, 0.3) is 0 Å². The number of methoxy groups -OCH3 is 1. The number of nitrogens with zero attached hydrogens (tertiary/aromatic N) is 4. The van der Waals surface area contributed by atoms with E-state index >= 15 is 0 Å². The van der Waals surface area contributed by atoms with Crippen molar-refractivity contribution < 1.29 is 9.53 Å². The predicted octanol–water partition coefficient (Wildman–Crippen LogP) is 4.04. The first-order valence-corrected chi connectivity index (χ1v) is 10.6. The topological polar surface area (TPSA) is 60.2 Å². The van der Waals surface area contributed by atoms with Gasteiger partial charge in [0.2, 0.25) is 5.91 Å². The number of benzene rings is 2. The minimum Gasteiger partial charge on any atom is -0.497 e. The van der Waals surface area contributed by atoms with Crippen LogP contribution in [-0.2, 0) is 17.8 Å². The number of anilines is 1. The van der Waals surface area contributed by atoms with Crippen LogP contribution in [0.25, 0.3) is 11.4 Å². The van der Waals surface area contributed by atoms with E-state index in [0.29, 0.717) is 0 Å². The molecule has 2 aromatic carbocycles. The van der Waals surface area contributed by atoms with Gasteiger partial charge in [0.1, 0.15) is 5.75 Å². The normalized spacial score (nSPS) is 14.0. The van der Waals surface area contributed by atoms with E-state index in [9.17, 15) is 4.79 Å². The number of aromatic nitrogens is 3. The number of hydrogen-bond donors (Lipinski definition) is 0. The van der Waals surface area contributed by atoms with E-state index in [2.05, 4.69) is 23.2 Å². The molecule has 3 aromatic rings. The summed E-state index contributed by atoms with van der Waals surface area (Å²) in [5.41, 5.74) is 3.23. The minimum absolute atomic E-state index is 0.108. The number of carbonyl (C=O) groups is 1. The Morgan fingerprint density at radius 2 is 1.93 bits per heavy atom. The zero-order chi connectivity index (χ0) is 20.4. The summed E-state index contributed by atoms with van der Waals surface area (Å²) in [5, 5.41) is 9.26. The van der Waals surface area contributed by atoms with Crippen LogP contribution in [0.1, 0.15) is 19.4 Å². The third-order valence-corrected chi connectivity index (χ3v) is 6.23. The Kier molecular flexibility index (Phi) is 5.58. The van der Waals surface area contributed by atoms with Crippen molar-refractivity contribution >= 4 is 23.4 Å². The van der Waals surface area contributed by atoms with Crippen molar-refractivity contribution in [3.63, 3.8) is 0 Å². The standard InChI is InChI=1S/C22H24N4O2S/c1-4-25-20(17-9-11-18(28-3)12-10-17)23-24-22(25)29-15(2)21(27)26-14-13-16-7-5-6-8-19(16)26/h5-12,15H,4,13-14H2,1-3H3/t15-/m0/s1. The lowest BCUT2D eigenvalue weighted by atomic mass is 10.2. The van der Waals surface area contributed by atoms with Crippen LogP contribution in [0.2, 0.25) is 0 Å². The predicted molar refractivity (Wildman–Crippen MR) is 116 cm³/mol. The van der Waals surface area contributed by atoms with Crippen molar-refractivity contribution in [1.82, 2.24) is 14.8 Å². The summed E-state index contributed by atoms with van der Waals surface area (Å²) in [5.74, 6) is 1.71. The number of hydrogen-bond acceptors (Lipinski definition) is 5. The smallest absolute Gasteiger partial charge is 0.240 e. The van der Waals surface area contributed by atoms with Crippen LogP contribution in [0.4, 0.5) is 5.69 Å². The molecule has 0 spiro atoms. The Morgan fingerprint density at radius 3 is 2.66 bits per heavy atom. The Balaban J connectivity index is 1.53. The third kappa shape index (κ3) is 3.74. The maximum absolute atomic E-state index is 13.1. The molecule has 0 unspecified atom stereocenters. The number of fused-ring (bicyclic) bond motifs is 1. The molecule has 2 heterocycles. The summed E-state index contributed by atoms with van der Waals surface area (Å²) in [6.07, 6.45) is 0.909. The van der Waals surface area contributed by atoms with E-state index in [1.54, 1.807) is 7.11 Å². The molecule has 0 saturated carbocycles. The van der Waals surface area contributed by atoms with Gasteiger partial charge in [-0.25, -0.2) is 0 Å². The maximum Gasteiger partial charge on any atom is 0.240 e. The summed E-state index contributed by atoms with van der Waals surface area (Å²) in [6.45, 7) is 5.46. The van der Waals surface area contributed by atoms with E-state index in [1.165, 1.54) is 17.3 Å². The number of ether oxygens (including phenoxy) is 1. The summed E-state index contributed by atoms with van der Waals surface area (Å²) in [6, 6.07) is 15.9. The van der Waals surface area contributed by atoms with Crippen LogP contribution in [0.15, 0.2) is 53.7 Å². The highest BCUT2D eigenvalue weighted by Crippen LogP contribution is 2.32. The summed E-state index contributed by atoms with van der Waals surface area (Å²) in [7, 11) is 1.65. The lowest BCUT2D eigenvalue weighted by Gasteiger charge is -2.21. The number of para-hydroxylation sites is 1. The Bertz CT molecular complexity index is 1020. The molecule has 0 bridgehead atoms. The molecule has 1 aromatic heterocycles. The highest BCUT2D eigenvalue weighted by atomic mass is 32.2. The van der Waals surface area contributed by atoms with E-state index in [1.807, 2.05) is 58.9 Å². The quantitative estimate of drug-likeness (QED) is 0.576. The molecule has 0 radical (unpaired) electrons. The molecule has 0 saturated heterocycles.